The molecule has 5 nitrogen and oxygen atoms in total. The maximum absolute atomic E-state index is 11.8. The van der Waals surface area contributed by atoms with Gasteiger partial charge in [-0.15, -0.1) is 0 Å². The Hall–Kier alpha value is -1.59. The van der Waals surface area contributed by atoms with E-state index in [2.05, 4.69) is 15.5 Å². The Bertz CT molecular complexity index is 391. The zero-order chi connectivity index (χ0) is 12.3. The van der Waals surface area contributed by atoms with E-state index in [0.717, 1.165) is 13.2 Å². The number of hydrogen-bond acceptors (Lipinski definition) is 4. The molecule has 0 radical (unpaired) electrons. The molecule has 1 aliphatic heterocycles. The summed E-state index contributed by atoms with van der Waals surface area (Å²) in [6.45, 7) is 2.42. The van der Waals surface area contributed by atoms with Gasteiger partial charge in [-0.05, 0) is 31.3 Å². The van der Waals surface area contributed by atoms with Gasteiger partial charge in [0.25, 0.3) is 5.91 Å². The maximum Gasteiger partial charge on any atom is 0.251 e. The van der Waals surface area contributed by atoms with Gasteiger partial charge >= 0.3 is 0 Å². The topological polar surface area (TPSA) is 64.6 Å². The van der Waals surface area contributed by atoms with Crippen molar-refractivity contribution in [3.63, 3.8) is 0 Å². The number of hydrogen-bond donors (Lipinski definition) is 3. The minimum Gasteiger partial charge on any atom is -0.508 e. The second-order valence-corrected chi connectivity index (χ2v) is 4.35. The lowest BCUT2D eigenvalue weighted by molar-refractivity contribution is 0.0950. The van der Waals surface area contributed by atoms with Gasteiger partial charge in [0, 0.05) is 31.4 Å². The molecule has 1 aromatic carbocycles. The van der Waals surface area contributed by atoms with Gasteiger partial charge in [-0.2, -0.15) is 0 Å². The molecule has 1 aliphatic rings. The Labute approximate surface area is 100 Å². The van der Waals surface area contributed by atoms with Crippen LogP contribution in [0.1, 0.15) is 10.4 Å². The lowest BCUT2D eigenvalue weighted by Gasteiger charge is -2.11. The van der Waals surface area contributed by atoms with Crippen molar-refractivity contribution in [3.8, 4) is 5.75 Å². The predicted molar refractivity (Wildman–Crippen MR) is 64.9 cm³/mol. The average molecular weight is 235 g/mol. The highest BCUT2D eigenvalue weighted by Gasteiger charge is 2.18. The van der Waals surface area contributed by atoms with Gasteiger partial charge in [0.1, 0.15) is 5.75 Å². The molecule has 92 valence electrons. The quantitative estimate of drug-likeness (QED) is 0.689. The Kier molecular flexibility index (Phi) is 3.61. The SMILES string of the molecule is CN1CNC(CNC(=O)c2ccc(O)cc2)C1. The third-order valence-electron chi connectivity index (χ3n) is 2.82. The van der Waals surface area contributed by atoms with Gasteiger partial charge in [-0.1, -0.05) is 0 Å². The first kappa shape index (κ1) is 11.9. The zero-order valence-electron chi connectivity index (χ0n) is 9.81. The van der Waals surface area contributed by atoms with Crippen molar-refractivity contribution in [1.29, 1.82) is 0 Å². The first-order chi connectivity index (χ1) is 8.15. The van der Waals surface area contributed by atoms with Crippen LogP contribution in [0.25, 0.3) is 0 Å². The summed E-state index contributed by atoms with van der Waals surface area (Å²) in [5.41, 5.74) is 0.564. The fourth-order valence-electron chi connectivity index (χ4n) is 1.86. The highest BCUT2D eigenvalue weighted by atomic mass is 16.3. The number of nitrogens with one attached hydrogen (secondary N) is 2. The van der Waals surface area contributed by atoms with E-state index in [1.54, 1.807) is 12.1 Å². The number of carbonyl (C=O) groups is 1. The van der Waals surface area contributed by atoms with Gasteiger partial charge in [0.2, 0.25) is 0 Å². The monoisotopic (exact) mass is 235 g/mol. The smallest absolute Gasteiger partial charge is 0.251 e. The molecule has 1 aromatic rings. The molecule has 1 fully saturated rings. The van der Waals surface area contributed by atoms with Crippen molar-refractivity contribution in [3.05, 3.63) is 29.8 Å². The lowest BCUT2D eigenvalue weighted by Crippen LogP contribution is -2.38. The molecule has 0 spiro atoms. The van der Waals surface area contributed by atoms with Crippen LogP contribution >= 0.6 is 0 Å². The van der Waals surface area contributed by atoms with Crippen LogP contribution in [0.15, 0.2) is 24.3 Å². The van der Waals surface area contributed by atoms with Gasteiger partial charge in [0.15, 0.2) is 0 Å². The van der Waals surface area contributed by atoms with E-state index in [9.17, 15) is 4.79 Å². The van der Waals surface area contributed by atoms with Crippen LogP contribution in [-0.4, -0.2) is 48.8 Å². The summed E-state index contributed by atoms with van der Waals surface area (Å²) in [6, 6.07) is 6.55. The summed E-state index contributed by atoms with van der Waals surface area (Å²) in [7, 11) is 2.04. The molecule has 1 saturated heterocycles. The molecule has 1 unspecified atom stereocenters. The Morgan fingerprint density at radius 1 is 1.53 bits per heavy atom. The van der Waals surface area contributed by atoms with E-state index in [4.69, 9.17) is 5.11 Å². The molecule has 1 atom stereocenters. The molecule has 3 N–H and O–H groups in total. The van der Waals surface area contributed by atoms with E-state index in [1.807, 2.05) is 7.05 Å². The van der Waals surface area contributed by atoms with Crippen LogP contribution in [0.4, 0.5) is 0 Å². The number of aromatic hydroxyl groups is 1. The summed E-state index contributed by atoms with van der Waals surface area (Å²) in [5, 5.41) is 15.3. The highest BCUT2D eigenvalue weighted by molar-refractivity contribution is 5.94. The number of phenolic OH excluding ortho intramolecular Hbond substituents is 1. The normalized spacial score (nSPS) is 20.4. The first-order valence-corrected chi connectivity index (χ1v) is 5.64. The third kappa shape index (κ3) is 3.18. The van der Waals surface area contributed by atoms with Gasteiger partial charge in [-0.3, -0.25) is 15.0 Å². The lowest BCUT2D eigenvalue weighted by atomic mass is 10.2. The standard InChI is InChI=1S/C12H17N3O2/c1-15-7-10(14-8-15)6-13-12(17)9-2-4-11(16)5-3-9/h2-5,10,14,16H,6-8H2,1H3,(H,13,17). The minimum atomic E-state index is -0.110. The van der Waals surface area contributed by atoms with Crippen molar-refractivity contribution in [2.75, 3.05) is 26.8 Å². The summed E-state index contributed by atoms with van der Waals surface area (Å²) in [4.78, 5) is 13.9. The molecule has 1 heterocycles. The molecule has 0 saturated carbocycles. The fraction of sp³-hybridized carbons (Fsp3) is 0.417. The molecule has 1 amide bonds. The predicted octanol–water partition coefficient (Wildman–Crippen LogP) is -0.0169. The van der Waals surface area contributed by atoms with Crippen molar-refractivity contribution in [2.45, 2.75) is 6.04 Å². The molecular weight excluding hydrogens is 218 g/mol. The largest absolute Gasteiger partial charge is 0.508 e. The zero-order valence-corrected chi connectivity index (χ0v) is 9.81. The van der Waals surface area contributed by atoms with E-state index < -0.39 is 0 Å². The van der Waals surface area contributed by atoms with E-state index in [0.29, 0.717) is 18.2 Å². The Morgan fingerprint density at radius 2 is 2.24 bits per heavy atom. The van der Waals surface area contributed by atoms with Crippen molar-refractivity contribution >= 4 is 5.91 Å². The molecule has 2 rings (SSSR count). The summed E-state index contributed by atoms with van der Waals surface area (Å²) >= 11 is 0. The average Bonchev–Trinajstić information content (AvgIpc) is 2.73. The van der Waals surface area contributed by atoms with E-state index in [-0.39, 0.29) is 11.7 Å². The second kappa shape index (κ2) is 5.16. The van der Waals surface area contributed by atoms with Crippen LogP contribution < -0.4 is 10.6 Å². The van der Waals surface area contributed by atoms with E-state index in [1.165, 1.54) is 12.1 Å². The van der Waals surface area contributed by atoms with Gasteiger partial charge in [-0.25, -0.2) is 0 Å². The van der Waals surface area contributed by atoms with Crippen LogP contribution in [0.3, 0.4) is 0 Å². The van der Waals surface area contributed by atoms with Crippen LogP contribution in [-0.2, 0) is 0 Å². The summed E-state index contributed by atoms with van der Waals surface area (Å²) in [6.07, 6.45) is 0. The minimum absolute atomic E-state index is 0.110. The first-order valence-electron chi connectivity index (χ1n) is 5.64. The number of carbonyl (C=O) groups excluding carboxylic acids is 1. The molecule has 0 bridgehead atoms. The number of rotatable bonds is 3. The molecule has 17 heavy (non-hydrogen) atoms. The van der Waals surface area contributed by atoms with Crippen LogP contribution in [0.2, 0.25) is 0 Å². The molecular formula is C12H17N3O2. The second-order valence-electron chi connectivity index (χ2n) is 4.35. The van der Waals surface area contributed by atoms with Gasteiger partial charge in [0.05, 0.1) is 0 Å². The summed E-state index contributed by atoms with van der Waals surface area (Å²) in [5.74, 6) is 0.0574. The number of benzene rings is 1. The Balaban J connectivity index is 1.83. The molecule has 0 aliphatic carbocycles. The number of nitrogens with zero attached hydrogens (tertiary/aromatic N) is 1. The number of likely N-dealkylation sites (N-methyl/N-ethyl adjacent to an activating group) is 1. The Morgan fingerprint density at radius 3 is 2.82 bits per heavy atom. The fourth-order valence-corrected chi connectivity index (χ4v) is 1.86. The van der Waals surface area contributed by atoms with Crippen LogP contribution in [0.5, 0.6) is 5.75 Å². The van der Waals surface area contributed by atoms with Crippen molar-refractivity contribution in [2.24, 2.45) is 0 Å². The number of phenols is 1. The van der Waals surface area contributed by atoms with Crippen molar-refractivity contribution in [1.82, 2.24) is 15.5 Å². The summed E-state index contributed by atoms with van der Waals surface area (Å²) < 4.78 is 0. The van der Waals surface area contributed by atoms with Gasteiger partial charge < -0.3 is 10.4 Å². The molecule has 5 heteroatoms. The van der Waals surface area contributed by atoms with Crippen molar-refractivity contribution < 1.29 is 9.90 Å². The van der Waals surface area contributed by atoms with E-state index >= 15 is 0 Å². The molecule has 0 aromatic heterocycles. The highest BCUT2D eigenvalue weighted by Crippen LogP contribution is 2.09. The number of amides is 1. The van der Waals surface area contributed by atoms with Crippen LogP contribution in [0, 0.1) is 0 Å². The third-order valence-corrected chi connectivity index (χ3v) is 2.82. The maximum atomic E-state index is 11.8.